The quantitative estimate of drug-likeness (QED) is 0.362. The highest BCUT2D eigenvalue weighted by Crippen LogP contribution is 2.31. The summed E-state index contributed by atoms with van der Waals surface area (Å²) < 4.78 is 30.0. The van der Waals surface area contributed by atoms with Crippen LogP contribution in [0.3, 0.4) is 0 Å². The first-order valence-corrected chi connectivity index (χ1v) is 13.7. The molecule has 0 saturated carbocycles. The Morgan fingerprint density at radius 1 is 1.07 bits per heavy atom. The molecule has 1 aliphatic rings. The van der Waals surface area contributed by atoms with Crippen LogP contribution >= 0.6 is 0 Å². The molecule has 1 unspecified atom stereocenters. The van der Waals surface area contributed by atoms with Crippen molar-refractivity contribution >= 4 is 11.8 Å². The third-order valence-corrected chi connectivity index (χ3v) is 6.70. The van der Waals surface area contributed by atoms with E-state index in [1.807, 2.05) is 20.8 Å². The van der Waals surface area contributed by atoms with Gasteiger partial charge in [0.25, 0.3) is 0 Å². The number of nitrogens with one attached hydrogen (secondary N) is 1. The van der Waals surface area contributed by atoms with E-state index in [2.05, 4.69) is 25.6 Å². The molecule has 1 N–H and O–H groups in total. The zero-order valence-corrected chi connectivity index (χ0v) is 24.7. The van der Waals surface area contributed by atoms with Gasteiger partial charge in [-0.05, 0) is 61.9 Å². The summed E-state index contributed by atoms with van der Waals surface area (Å²) in [4.78, 5) is 32.5. The van der Waals surface area contributed by atoms with Gasteiger partial charge in [0.05, 0.1) is 27.4 Å². The van der Waals surface area contributed by atoms with Crippen molar-refractivity contribution < 1.29 is 28.2 Å². The van der Waals surface area contributed by atoms with Crippen molar-refractivity contribution in [2.45, 2.75) is 38.9 Å². The van der Waals surface area contributed by atoms with Crippen molar-refractivity contribution in [1.29, 1.82) is 0 Å². The molecule has 2 heterocycles. The molecule has 1 aromatic heterocycles. The molecule has 1 saturated heterocycles. The topological polar surface area (TPSA) is 124 Å². The van der Waals surface area contributed by atoms with Crippen LogP contribution in [0.2, 0.25) is 0 Å². The monoisotopic (exact) mass is 583 g/mol. The molecule has 0 radical (unpaired) electrons. The lowest BCUT2D eigenvalue weighted by molar-refractivity contribution is -0.142. The fraction of sp³-hybridized carbons (Fsp3) is 0.483. The maximum atomic E-state index is 13.9. The van der Waals surface area contributed by atoms with Gasteiger partial charge in [-0.3, -0.25) is 14.5 Å². The summed E-state index contributed by atoms with van der Waals surface area (Å²) in [6.07, 6.45) is 0. The average Bonchev–Trinajstić information content (AvgIpc) is 3.43. The van der Waals surface area contributed by atoms with Crippen LogP contribution in [-0.4, -0.2) is 101 Å². The number of amides is 2. The Morgan fingerprint density at radius 2 is 1.76 bits per heavy atom. The number of hydrogen-bond acceptors (Lipinski definition) is 9. The van der Waals surface area contributed by atoms with E-state index in [0.29, 0.717) is 48.2 Å². The van der Waals surface area contributed by atoms with E-state index in [1.54, 1.807) is 25.3 Å². The SMILES string of the molecule is COc1ccc(-c2nnn(CC(=O)N(CCN3CCOCC3)C(C(=O)NC(C)(C)C)c3ccc(F)cc3)n2)cc1OC. The minimum absolute atomic E-state index is 0.246. The van der Waals surface area contributed by atoms with Crippen LogP contribution in [0.1, 0.15) is 32.4 Å². The van der Waals surface area contributed by atoms with E-state index < -0.39 is 23.3 Å². The molecule has 1 aliphatic heterocycles. The average molecular weight is 584 g/mol. The van der Waals surface area contributed by atoms with Crippen molar-refractivity contribution in [1.82, 2.24) is 35.3 Å². The number of carbonyl (C=O) groups is 2. The summed E-state index contributed by atoms with van der Waals surface area (Å²) in [5.74, 6) is 0.155. The van der Waals surface area contributed by atoms with E-state index >= 15 is 0 Å². The van der Waals surface area contributed by atoms with Crippen LogP contribution in [-0.2, 0) is 20.9 Å². The zero-order chi connectivity index (χ0) is 30.3. The fourth-order valence-corrected chi connectivity index (χ4v) is 4.64. The maximum Gasteiger partial charge on any atom is 0.247 e. The minimum Gasteiger partial charge on any atom is -0.493 e. The van der Waals surface area contributed by atoms with Crippen LogP contribution in [0.4, 0.5) is 4.39 Å². The summed E-state index contributed by atoms with van der Waals surface area (Å²) in [5, 5.41) is 15.6. The predicted molar refractivity (Wildman–Crippen MR) is 152 cm³/mol. The first kappa shape index (κ1) is 30.8. The lowest BCUT2D eigenvalue weighted by Gasteiger charge is -2.35. The normalized spacial score (nSPS) is 14.7. The van der Waals surface area contributed by atoms with Crippen LogP contribution in [0.5, 0.6) is 11.5 Å². The molecule has 3 aromatic rings. The first-order valence-electron chi connectivity index (χ1n) is 13.7. The molecule has 1 atom stereocenters. The van der Waals surface area contributed by atoms with Gasteiger partial charge < -0.3 is 24.4 Å². The minimum atomic E-state index is -1.01. The zero-order valence-electron chi connectivity index (χ0n) is 24.7. The third kappa shape index (κ3) is 8.01. The highest BCUT2D eigenvalue weighted by atomic mass is 19.1. The number of hydrogen-bond donors (Lipinski definition) is 1. The summed E-state index contributed by atoms with van der Waals surface area (Å²) >= 11 is 0. The molecule has 2 aromatic carbocycles. The van der Waals surface area contributed by atoms with Crippen molar-refractivity contribution in [2.75, 3.05) is 53.6 Å². The lowest BCUT2D eigenvalue weighted by Crippen LogP contribution is -2.52. The van der Waals surface area contributed by atoms with Crippen molar-refractivity contribution in [3.05, 3.63) is 53.8 Å². The summed E-state index contributed by atoms with van der Waals surface area (Å²) in [6, 6.07) is 9.83. The van der Waals surface area contributed by atoms with Crippen LogP contribution in [0.25, 0.3) is 11.4 Å². The lowest BCUT2D eigenvalue weighted by atomic mass is 10.0. The van der Waals surface area contributed by atoms with E-state index in [1.165, 1.54) is 41.1 Å². The smallest absolute Gasteiger partial charge is 0.247 e. The van der Waals surface area contributed by atoms with Gasteiger partial charge in [-0.2, -0.15) is 4.80 Å². The molecule has 4 rings (SSSR count). The maximum absolute atomic E-state index is 13.9. The number of methoxy groups -OCH3 is 2. The number of rotatable bonds is 11. The molecule has 2 amide bonds. The molecule has 0 bridgehead atoms. The molecule has 1 fully saturated rings. The Balaban J connectivity index is 1.62. The van der Waals surface area contributed by atoms with Crippen LogP contribution in [0.15, 0.2) is 42.5 Å². The van der Waals surface area contributed by atoms with Crippen LogP contribution in [0, 0.1) is 5.82 Å². The van der Waals surface area contributed by atoms with Gasteiger partial charge in [0.2, 0.25) is 17.6 Å². The number of ether oxygens (including phenoxy) is 3. The summed E-state index contributed by atoms with van der Waals surface area (Å²) in [7, 11) is 3.08. The molecule has 42 heavy (non-hydrogen) atoms. The van der Waals surface area contributed by atoms with Gasteiger partial charge in [0.1, 0.15) is 18.4 Å². The molecule has 0 spiro atoms. The number of benzene rings is 2. The second kappa shape index (κ2) is 13.7. The highest BCUT2D eigenvalue weighted by Gasteiger charge is 2.34. The van der Waals surface area contributed by atoms with E-state index in [4.69, 9.17) is 14.2 Å². The number of halogens is 1. The number of tetrazole rings is 1. The second-order valence-corrected chi connectivity index (χ2v) is 10.9. The van der Waals surface area contributed by atoms with E-state index in [9.17, 15) is 14.0 Å². The Kier molecular flexibility index (Phi) is 10.1. The molecular weight excluding hydrogens is 545 g/mol. The van der Waals surface area contributed by atoms with Crippen molar-refractivity contribution in [3.63, 3.8) is 0 Å². The number of morpholine rings is 1. The Hall–Kier alpha value is -4.10. The number of carbonyl (C=O) groups excluding carboxylic acids is 2. The van der Waals surface area contributed by atoms with Gasteiger partial charge in [0, 0.05) is 37.3 Å². The van der Waals surface area contributed by atoms with Gasteiger partial charge in [-0.25, -0.2) is 4.39 Å². The van der Waals surface area contributed by atoms with E-state index in [0.717, 1.165) is 13.1 Å². The molecule has 12 nitrogen and oxygen atoms in total. The molecule has 0 aliphatic carbocycles. The summed E-state index contributed by atoms with van der Waals surface area (Å²) in [6.45, 7) is 8.73. The predicted octanol–water partition coefficient (Wildman–Crippen LogP) is 2.31. The molecule has 13 heteroatoms. The Bertz CT molecular complexity index is 1350. The molecule has 226 valence electrons. The van der Waals surface area contributed by atoms with E-state index in [-0.39, 0.29) is 19.0 Å². The van der Waals surface area contributed by atoms with Gasteiger partial charge >= 0.3 is 0 Å². The molecular formula is C29H38FN7O5. The van der Waals surface area contributed by atoms with Gasteiger partial charge in [-0.1, -0.05) is 12.1 Å². The Morgan fingerprint density at radius 3 is 2.40 bits per heavy atom. The number of nitrogens with zero attached hydrogens (tertiary/aromatic N) is 6. The number of aromatic nitrogens is 4. The van der Waals surface area contributed by atoms with Crippen molar-refractivity contribution in [3.8, 4) is 22.9 Å². The van der Waals surface area contributed by atoms with Crippen LogP contribution < -0.4 is 14.8 Å². The highest BCUT2D eigenvalue weighted by molar-refractivity contribution is 5.89. The second-order valence-electron chi connectivity index (χ2n) is 10.9. The van der Waals surface area contributed by atoms with Crippen molar-refractivity contribution in [2.24, 2.45) is 0 Å². The standard InChI is InChI=1S/C29H38FN7O5/c1-29(2,3)31-28(39)26(20-6-9-22(30)10-7-20)36(13-12-35-14-16-42-17-15-35)25(38)19-37-33-27(32-34-37)21-8-11-23(40-4)24(18-21)41-5/h6-11,18,26H,12-17,19H2,1-5H3,(H,31,39). The first-order chi connectivity index (χ1) is 20.1. The Labute approximate surface area is 244 Å². The fourth-order valence-electron chi connectivity index (χ4n) is 4.64. The van der Waals surface area contributed by atoms with Gasteiger partial charge in [-0.15, -0.1) is 10.2 Å². The third-order valence-electron chi connectivity index (χ3n) is 6.70. The van der Waals surface area contributed by atoms with Gasteiger partial charge in [0.15, 0.2) is 11.5 Å². The largest absolute Gasteiger partial charge is 0.493 e. The summed E-state index contributed by atoms with van der Waals surface area (Å²) in [5.41, 5.74) is 0.561.